The SMILES string of the molecule is CN1CC(CNc2cccc3c2C(=O)N(C2CCC(=O)NC2=O)C3=O)C1. The summed E-state index contributed by atoms with van der Waals surface area (Å²) in [5.41, 5.74) is 1.23. The van der Waals surface area contributed by atoms with Gasteiger partial charge in [-0.15, -0.1) is 0 Å². The van der Waals surface area contributed by atoms with E-state index in [0.29, 0.717) is 22.7 Å². The molecular formula is C18H20N4O4. The molecule has 4 amide bonds. The van der Waals surface area contributed by atoms with Gasteiger partial charge in [0.1, 0.15) is 6.04 Å². The maximum absolute atomic E-state index is 12.9. The van der Waals surface area contributed by atoms with Gasteiger partial charge < -0.3 is 10.2 Å². The topological polar surface area (TPSA) is 98.8 Å². The largest absolute Gasteiger partial charge is 0.384 e. The van der Waals surface area contributed by atoms with E-state index in [0.717, 1.165) is 24.5 Å². The molecule has 0 aliphatic carbocycles. The summed E-state index contributed by atoms with van der Waals surface area (Å²) in [7, 11) is 2.05. The fraction of sp³-hybridized carbons (Fsp3) is 0.444. The third-order valence-corrected chi connectivity index (χ3v) is 5.19. The summed E-state index contributed by atoms with van der Waals surface area (Å²) in [6, 6.07) is 4.17. The molecule has 136 valence electrons. The van der Waals surface area contributed by atoms with Gasteiger partial charge >= 0.3 is 0 Å². The minimum Gasteiger partial charge on any atom is -0.384 e. The molecule has 1 aromatic rings. The molecule has 0 spiro atoms. The van der Waals surface area contributed by atoms with Gasteiger partial charge in [-0.1, -0.05) is 6.07 Å². The number of nitrogens with zero attached hydrogens (tertiary/aromatic N) is 2. The first kappa shape index (κ1) is 16.7. The van der Waals surface area contributed by atoms with E-state index in [1.165, 1.54) is 0 Å². The highest BCUT2D eigenvalue weighted by Crippen LogP contribution is 2.32. The zero-order valence-corrected chi connectivity index (χ0v) is 14.4. The maximum Gasteiger partial charge on any atom is 0.264 e. The molecule has 1 aromatic carbocycles. The van der Waals surface area contributed by atoms with Gasteiger partial charge in [-0.25, -0.2) is 0 Å². The Bertz CT molecular complexity index is 815. The maximum atomic E-state index is 12.9. The second kappa shape index (κ2) is 6.21. The molecule has 3 aliphatic rings. The quantitative estimate of drug-likeness (QED) is 0.741. The first-order valence-corrected chi connectivity index (χ1v) is 8.72. The van der Waals surface area contributed by atoms with Crippen molar-refractivity contribution in [2.75, 3.05) is 32.0 Å². The Labute approximate surface area is 150 Å². The van der Waals surface area contributed by atoms with E-state index in [1.54, 1.807) is 18.2 Å². The average Bonchev–Trinajstić information content (AvgIpc) is 2.83. The van der Waals surface area contributed by atoms with Crippen LogP contribution in [0.5, 0.6) is 0 Å². The van der Waals surface area contributed by atoms with Crippen LogP contribution in [0.15, 0.2) is 18.2 Å². The van der Waals surface area contributed by atoms with E-state index in [1.807, 2.05) is 0 Å². The number of imide groups is 2. The van der Waals surface area contributed by atoms with Crippen molar-refractivity contribution in [3.63, 3.8) is 0 Å². The number of piperidine rings is 1. The Morgan fingerprint density at radius 3 is 2.62 bits per heavy atom. The molecule has 3 heterocycles. The van der Waals surface area contributed by atoms with Crippen molar-refractivity contribution in [2.45, 2.75) is 18.9 Å². The molecule has 26 heavy (non-hydrogen) atoms. The monoisotopic (exact) mass is 356 g/mol. The van der Waals surface area contributed by atoms with E-state index < -0.39 is 23.8 Å². The highest BCUT2D eigenvalue weighted by atomic mass is 16.2. The number of nitrogens with one attached hydrogen (secondary N) is 2. The molecule has 3 aliphatic heterocycles. The van der Waals surface area contributed by atoms with Crippen LogP contribution in [0.2, 0.25) is 0 Å². The van der Waals surface area contributed by atoms with Crippen molar-refractivity contribution < 1.29 is 19.2 Å². The number of hydrogen-bond donors (Lipinski definition) is 2. The Morgan fingerprint density at radius 1 is 1.15 bits per heavy atom. The van der Waals surface area contributed by atoms with Gasteiger partial charge in [-0.3, -0.25) is 29.4 Å². The second-order valence-electron chi connectivity index (χ2n) is 7.14. The van der Waals surface area contributed by atoms with Crippen LogP contribution in [0.3, 0.4) is 0 Å². The number of likely N-dealkylation sites (tertiary alicyclic amines) is 1. The summed E-state index contributed by atoms with van der Waals surface area (Å²) in [6.07, 6.45) is 0.275. The number of rotatable bonds is 4. The minimum absolute atomic E-state index is 0.115. The number of benzene rings is 1. The predicted octanol–water partition coefficient (Wildman–Crippen LogP) is 0.0613. The van der Waals surface area contributed by atoms with Crippen molar-refractivity contribution >= 4 is 29.3 Å². The van der Waals surface area contributed by atoms with E-state index in [9.17, 15) is 19.2 Å². The third kappa shape index (κ3) is 2.66. The van der Waals surface area contributed by atoms with Crippen LogP contribution >= 0.6 is 0 Å². The van der Waals surface area contributed by atoms with Crippen LogP contribution in [-0.4, -0.2) is 66.2 Å². The lowest BCUT2D eigenvalue weighted by molar-refractivity contribution is -0.136. The molecule has 0 aromatic heterocycles. The average molecular weight is 356 g/mol. The van der Waals surface area contributed by atoms with Crippen molar-refractivity contribution in [1.82, 2.24) is 15.1 Å². The van der Waals surface area contributed by atoms with Crippen LogP contribution in [0, 0.1) is 5.92 Å². The highest BCUT2D eigenvalue weighted by molar-refractivity contribution is 6.25. The van der Waals surface area contributed by atoms with E-state index >= 15 is 0 Å². The van der Waals surface area contributed by atoms with Crippen LogP contribution in [0.25, 0.3) is 0 Å². The minimum atomic E-state index is -0.937. The van der Waals surface area contributed by atoms with Crippen LogP contribution < -0.4 is 10.6 Å². The Hall–Kier alpha value is -2.74. The third-order valence-electron chi connectivity index (χ3n) is 5.19. The highest BCUT2D eigenvalue weighted by Gasteiger charge is 2.45. The summed E-state index contributed by atoms with van der Waals surface area (Å²) in [4.78, 5) is 52.3. The first-order chi connectivity index (χ1) is 12.5. The molecule has 4 rings (SSSR count). The lowest BCUT2D eigenvalue weighted by Gasteiger charge is -2.36. The number of hydrogen-bond acceptors (Lipinski definition) is 6. The van der Waals surface area contributed by atoms with E-state index in [2.05, 4.69) is 22.6 Å². The molecule has 0 saturated carbocycles. The number of anilines is 1. The summed E-state index contributed by atoms with van der Waals surface area (Å²) >= 11 is 0. The zero-order valence-electron chi connectivity index (χ0n) is 14.4. The van der Waals surface area contributed by atoms with Gasteiger partial charge in [0.2, 0.25) is 11.8 Å². The molecule has 8 heteroatoms. The Morgan fingerprint density at radius 2 is 1.92 bits per heavy atom. The van der Waals surface area contributed by atoms with Crippen molar-refractivity contribution in [1.29, 1.82) is 0 Å². The Kier molecular flexibility index (Phi) is 3.99. The van der Waals surface area contributed by atoms with Gasteiger partial charge in [0.25, 0.3) is 11.8 Å². The summed E-state index contributed by atoms with van der Waals surface area (Å²) in [6.45, 7) is 2.72. The van der Waals surface area contributed by atoms with Gasteiger partial charge in [0, 0.05) is 37.7 Å². The van der Waals surface area contributed by atoms with Crippen molar-refractivity contribution in [2.24, 2.45) is 5.92 Å². The van der Waals surface area contributed by atoms with E-state index in [4.69, 9.17) is 0 Å². The van der Waals surface area contributed by atoms with Crippen LogP contribution in [-0.2, 0) is 9.59 Å². The van der Waals surface area contributed by atoms with Gasteiger partial charge in [0.05, 0.1) is 11.1 Å². The second-order valence-corrected chi connectivity index (χ2v) is 7.14. The van der Waals surface area contributed by atoms with Crippen LogP contribution in [0.1, 0.15) is 33.6 Å². The van der Waals surface area contributed by atoms with Gasteiger partial charge in [-0.2, -0.15) is 0 Å². The fourth-order valence-corrected chi connectivity index (χ4v) is 3.87. The molecule has 2 N–H and O–H groups in total. The van der Waals surface area contributed by atoms with Crippen molar-refractivity contribution in [3.05, 3.63) is 29.3 Å². The number of carbonyl (C=O) groups excluding carboxylic acids is 4. The molecule has 8 nitrogen and oxygen atoms in total. The zero-order chi connectivity index (χ0) is 18.4. The smallest absolute Gasteiger partial charge is 0.264 e. The molecule has 1 atom stereocenters. The van der Waals surface area contributed by atoms with E-state index in [-0.39, 0.29) is 18.7 Å². The standard InChI is InChI=1S/C18H20N4O4/c1-21-8-10(9-21)7-19-12-4-2-3-11-15(12)18(26)22(17(11)25)13-5-6-14(23)20-16(13)24/h2-4,10,13,19H,5-9H2,1H3,(H,20,23,24). The molecule has 0 radical (unpaired) electrons. The lowest BCUT2D eigenvalue weighted by Crippen LogP contribution is -2.54. The summed E-state index contributed by atoms with van der Waals surface area (Å²) < 4.78 is 0. The number of fused-ring (bicyclic) bond motifs is 1. The number of amides is 4. The molecular weight excluding hydrogens is 336 g/mol. The lowest BCUT2D eigenvalue weighted by atomic mass is 10.0. The molecule has 1 unspecified atom stereocenters. The Balaban J connectivity index is 1.57. The number of carbonyl (C=O) groups is 4. The summed E-state index contributed by atoms with van der Waals surface area (Å²) in [5, 5.41) is 5.48. The van der Waals surface area contributed by atoms with Crippen LogP contribution in [0.4, 0.5) is 5.69 Å². The van der Waals surface area contributed by atoms with Gasteiger partial charge in [-0.05, 0) is 25.6 Å². The fourth-order valence-electron chi connectivity index (χ4n) is 3.87. The summed E-state index contributed by atoms with van der Waals surface area (Å²) in [5.74, 6) is -1.42. The predicted molar refractivity (Wildman–Crippen MR) is 92.6 cm³/mol. The van der Waals surface area contributed by atoms with Crippen molar-refractivity contribution in [3.8, 4) is 0 Å². The normalized spacial score (nSPS) is 23.7. The van der Waals surface area contributed by atoms with Gasteiger partial charge in [0.15, 0.2) is 0 Å². The molecule has 2 saturated heterocycles. The molecule has 0 bridgehead atoms. The first-order valence-electron chi connectivity index (χ1n) is 8.72. The molecule has 2 fully saturated rings.